The van der Waals surface area contributed by atoms with E-state index in [-0.39, 0.29) is 42.0 Å². The standard InChI is InChI=1S/C24H28N4O4S/c1-14(2)11-18(26-22(30)15-3-5-17(25)6-4-15)24(32)27-9-7-19-21(27)20(29)12-28(19)23(31)16-8-10-33-13-16/h3-6,8,10,13-14,18-19,21H,7,9,11-12,25H2,1-2H3,(H,26,30). The average molecular weight is 469 g/mol. The number of nitrogens with zero attached hydrogens (tertiary/aromatic N) is 2. The molecule has 2 saturated heterocycles. The molecule has 0 radical (unpaired) electrons. The second kappa shape index (κ2) is 9.35. The van der Waals surface area contributed by atoms with Gasteiger partial charge in [0.2, 0.25) is 5.91 Å². The second-order valence-electron chi connectivity index (χ2n) is 9.02. The molecule has 3 amide bonds. The van der Waals surface area contributed by atoms with Gasteiger partial charge in [-0.05, 0) is 54.5 Å². The first-order valence-corrected chi connectivity index (χ1v) is 12.0. The fourth-order valence-corrected chi connectivity index (χ4v) is 5.29. The smallest absolute Gasteiger partial charge is 0.255 e. The first-order chi connectivity index (χ1) is 15.8. The largest absolute Gasteiger partial charge is 0.399 e. The SMILES string of the molecule is CC(C)CC(NC(=O)c1ccc(N)cc1)C(=O)N1CCC2C1C(=O)CN2C(=O)c1ccsc1. The molecule has 3 atom stereocenters. The molecule has 2 aromatic rings. The summed E-state index contributed by atoms with van der Waals surface area (Å²) in [6.07, 6.45) is 0.984. The molecule has 174 valence electrons. The van der Waals surface area contributed by atoms with Gasteiger partial charge < -0.3 is 20.9 Å². The molecule has 0 saturated carbocycles. The van der Waals surface area contributed by atoms with Gasteiger partial charge >= 0.3 is 0 Å². The third-order valence-electron chi connectivity index (χ3n) is 6.22. The van der Waals surface area contributed by atoms with Gasteiger partial charge in [0, 0.05) is 23.2 Å². The predicted octanol–water partition coefficient (Wildman–Crippen LogP) is 2.17. The number of Topliss-reactive ketones (excluding diaryl/α,β-unsaturated/α-hetero) is 1. The Kier molecular flexibility index (Phi) is 6.51. The summed E-state index contributed by atoms with van der Waals surface area (Å²) in [5, 5.41) is 6.44. The van der Waals surface area contributed by atoms with Crippen LogP contribution >= 0.6 is 11.3 Å². The number of anilines is 1. The van der Waals surface area contributed by atoms with E-state index in [1.54, 1.807) is 45.5 Å². The van der Waals surface area contributed by atoms with Crippen molar-refractivity contribution < 1.29 is 19.2 Å². The second-order valence-corrected chi connectivity index (χ2v) is 9.80. The maximum atomic E-state index is 13.5. The van der Waals surface area contributed by atoms with Crippen LogP contribution in [0.1, 0.15) is 47.4 Å². The Labute approximate surface area is 196 Å². The molecule has 3 N–H and O–H groups in total. The normalized spacial score (nSPS) is 20.8. The third kappa shape index (κ3) is 4.64. The van der Waals surface area contributed by atoms with Crippen LogP contribution in [0.4, 0.5) is 5.69 Å². The molecule has 9 heteroatoms. The number of rotatable bonds is 6. The van der Waals surface area contributed by atoms with Crippen molar-refractivity contribution in [3.05, 3.63) is 52.2 Å². The van der Waals surface area contributed by atoms with Gasteiger partial charge in [-0.2, -0.15) is 11.3 Å². The minimum atomic E-state index is -0.761. The lowest BCUT2D eigenvalue weighted by molar-refractivity contribution is -0.138. The molecule has 33 heavy (non-hydrogen) atoms. The van der Waals surface area contributed by atoms with Crippen molar-refractivity contribution in [3.63, 3.8) is 0 Å². The first kappa shape index (κ1) is 23.0. The number of thiophene rings is 1. The highest BCUT2D eigenvalue weighted by Crippen LogP contribution is 2.32. The number of amides is 3. The number of likely N-dealkylation sites (tertiary alicyclic amines) is 2. The van der Waals surface area contributed by atoms with Crippen LogP contribution in [-0.4, -0.2) is 64.5 Å². The maximum absolute atomic E-state index is 13.5. The van der Waals surface area contributed by atoms with Crippen molar-refractivity contribution in [3.8, 4) is 0 Å². The van der Waals surface area contributed by atoms with Crippen molar-refractivity contribution in [2.24, 2.45) is 5.92 Å². The Balaban J connectivity index is 1.51. The molecule has 2 aliphatic heterocycles. The number of hydrogen-bond acceptors (Lipinski definition) is 6. The van der Waals surface area contributed by atoms with Gasteiger partial charge in [0.05, 0.1) is 18.2 Å². The van der Waals surface area contributed by atoms with E-state index in [9.17, 15) is 19.2 Å². The monoisotopic (exact) mass is 468 g/mol. The summed E-state index contributed by atoms with van der Waals surface area (Å²) >= 11 is 1.43. The summed E-state index contributed by atoms with van der Waals surface area (Å²) in [6.45, 7) is 4.33. The number of hydrogen-bond donors (Lipinski definition) is 2. The quantitative estimate of drug-likeness (QED) is 0.631. The molecular formula is C24H28N4O4S. The number of fused-ring (bicyclic) bond motifs is 1. The maximum Gasteiger partial charge on any atom is 0.255 e. The number of ketones is 1. The van der Waals surface area contributed by atoms with E-state index >= 15 is 0 Å². The molecule has 3 unspecified atom stereocenters. The van der Waals surface area contributed by atoms with Crippen LogP contribution in [0.5, 0.6) is 0 Å². The molecule has 0 aliphatic carbocycles. The number of nitrogens with one attached hydrogen (secondary N) is 1. The zero-order valence-electron chi connectivity index (χ0n) is 18.7. The number of carbonyl (C=O) groups excluding carboxylic acids is 4. The van der Waals surface area contributed by atoms with Crippen LogP contribution in [0.3, 0.4) is 0 Å². The van der Waals surface area contributed by atoms with Gasteiger partial charge in [-0.15, -0.1) is 0 Å². The molecule has 8 nitrogen and oxygen atoms in total. The fraction of sp³-hybridized carbons (Fsp3) is 0.417. The van der Waals surface area contributed by atoms with E-state index in [1.807, 2.05) is 19.2 Å². The summed E-state index contributed by atoms with van der Waals surface area (Å²) in [5.41, 5.74) is 7.22. The molecular weight excluding hydrogens is 440 g/mol. The van der Waals surface area contributed by atoms with Gasteiger partial charge in [-0.25, -0.2) is 0 Å². The van der Waals surface area contributed by atoms with Crippen LogP contribution in [0.25, 0.3) is 0 Å². The van der Waals surface area contributed by atoms with Crippen LogP contribution < -0.4 is 11.1 Å². The molecule has 0 bridgehead atoms. The van der Waals surface area contributed by atoms with Crippen molar-refractivity contribution in [2.45, 2.75) is 44.8 Å². The lowest BCUT2D eigenvalue weighted by atomic mass is 10.0. The van der Waals surface area contributed by atoms with Gasteiger partial charge in [0.25, 0.3) is 11.8 Å². The van der Waals surface area contributed by atoms with Crippen molar-refractivity contribution in [2.75, 3.05) is 18.8 Å². The highest BCUT2D eigenvalue weighted by Gasteiger charge is 2.52. The minimum absolute atomic E-state index is 0.000434. The Morgan fingerprint density at radius 2 is 1.85 bits per heavy atom. The Morgan fingerprint density at radius 1 is 1.12 bits per heavy atom. The molecule has 1 aromatic heterocycles. The van der Waals surface area contributed by atoms with Gasteiger partial charge in [0.15, 0.2) is 5.78 Å². The Hall–Kier alpha value is -3.20. The zero-order valence-corrected chi connectivity index (χ0v) is 19.5. The van der Waals surface area contributed by atoms with Gasteiger partial charge in [-0.1, -0.05) is 13.8 Å². The molecule has 4 rings (SSSR count). The van der Waals surface area contributed by atoms with E-state index < -0.39 is 12.1 Å². The van der Waals surface area contributed by atoms with Crippen molar-refractivity contribution in [1.29, 1.82) is 0 Å². The topological polar surface area (TPSA) is 113 Å². The van der Waals surface area contributed by atoms with Gasteiger partial charge in [0.1, 0.15) is 12.1 Å². The Bertz CT molecular complexity index is 1050. The molecule has 1 aromatic carbocycles. The number of carbonyl (C=O) groups is 4. The highest BCUT2D eigenvalue weighted by atomic mass is 32.1. The summed E-state index contributed by atoms with van der Waals surface area (Å²) in [7, 11) is 0. The minimum Gasteiger partial charge on any atom is -0.399 e. The lowest BCUT2D eigenvalue weighted by Crippen LogP contribution is -2.53. The highest BCUT2D eigenvalue weighted by molar-refractivity contribution is 7.08. The third-order valence-corrected chi connectivity index (χ3v) is 6.90. The van der Waals surface area contributed by atoms with Crippen LogP contribution in [0, 0.1) is 5.92 Å². The van der Waals surface area contributed by atoms with Crippen LogP contribution in [0.2, 0.25) is 0 Å². The van der Waals surface area contributed by atoms with Crippen molar-refractivity contribution >= 4 is 40.5 Å². The average Bonchev–Trinajstić information content (AvgIpc) is 3.51. The number of benzene rings is 1. The summed E-state index contributed by atoms with van der Waals surface area (Å²) in [4.78, 5) is 55.3. The van der Waals surface area contributed by atoms with E-state index in [2.05, 4.69) is 5.32 Å². The van der Waals surface area contributed by atoms with E-state index in [4.69, 9.17) is 5.73 Å². The van der Waals surface area contributed by atoms with Crippen LogP contribution in [0.15, 0.2) is 41.1 Å². The molecule has 2 aliphatic rings. The first-order valence-electron chi connectivity index (χ1n) is 11.1. The molecule has 2 fully saturated rings. The predicted molar refractivity (Wildman–Crippen MR) is 126 cm³/mol. The molecule has 0 spiro atoms. The van der Waals surface area contributed by atoms with Gasteiger partial charge in [-0.3, -0.25) is 19.2 Å². The van der Waals surface area contributed by atoms with E-state index in [1.165, 1.54) is 11.3 Å². The lowest BCUT2D eigenvalue weighted by Gasteiger charge is -2.29. The van der Waals surface area contributed by atoms with E-state index in [0.717, 1.165) is 0 Å². The van der Waals surface area contributed by atoms with Crippen molar-refractivity contribution in [1.82, 2.24) is 15.1 Å². The number of nitrogens with two attached hydrogens (primary N) is 1. The Morgan fingerprint density at radius 3 is 2.48 bits per heavy atom. The zero-order chi connectivity index (χ0) is 23.7. The number of nitrogen functional groups attached to an aromatic ring is 1. The summed E-state index contributed by atoms with van der Waals surface area (Å²) in [6, 6.07) is 6.48. The fourth-order valence-electron chi connectivity index (χ4n) is 4.66. The summed E-state index contributed by atoms with van der Waals surface area (Å²) in [5.74, 6) is -0.806. The van der Waals surface area contributed by atoms with E-state index in [0.29, 0.717) is 36.2 Å². The summed E-state index contributed by atoms with van der Waals surface area (Å²) < 4.78 is 0. The van der Waals surface area contributed by atoms with Crippen LogP contribution in [-0.2, 0) is 9.59 Å². The molecule has 3 heterocycles.